The number of rotatable bonds is 2. The lowest BCUT2D eigenvalue weighted by molar-refractivity contribution is 0.591. The summed E-state index contributed by atoms with van der Waals surface area (Å²) in [6.07, 6.45) is 0. The maximum Gasteiger partial charge on any atom is 0.248 e. The molecule has 4 heteroatoms. The summed E-state index contributed by atoms with van der Waals surface area (Å²) in [4.78, 5) is 4.92. The van der Waals surface area contributed by atoms with Crippen molar-refractivity contribution in [1.82, 2.24) is 0 Å². The Morgan fingerprint density at radius 1 is 0.440 bits per heavy atom. The van der Waals surface area contributed by atoms with Crippen molar-refractivity contribution >= 4 is 80.3 Å². The molecule has 0 N–H and O–H groups in total. The van der Waals surface area contributed by atoms with Crippen LogP contribution >= 0.6 is 0 Å². The van der Waals surface area contributed by atoms with Gasteiger partial charge in [0.1, 0.15) is 0 Å². The Morgan fingerprint density at radius 3 is 1.52 bits per heavy atom. The number of benzene rings is 7. The molecule has 4 heterocycles. The van der Waals surface area contributed by atoms with Gasteiger partial charge in [-0.1, -0.05) is 135 Å². The highest BCUT2D eigenvalue weighted by Gasteiger charge is 2.47. The predicted octanol–water partition coefficient (Wildman–Crippen LogP) is 7.54. The highest BCUT2D eigenvalue weighted by Crippen LogP contribution is 2.46. The number of fused-ring (bicyclic) bond motifs is 10. The standard InChI is InChI=1S/C46H34B2N2/c1-46(2,3)29-25-35-33-20-11-13-23-37(33)48-39-27-41-38(28-42(39)50(43(26-29)45(35)48)31-17-8-5-9-18-31)47-36-22-12-10-19-32(36)34-21-14-24-40(44(34)47)49(41)30-15-6-4-7-16-30/h4-28H,1-3H3/i4D,5D. The van der Waals surface area contributed by atoms with E-state index in [1.54, 1.807) is 0 Å². The molecule has 0 spiro atoms. The summed E-state index contributed by atoms with van der Waals surface area (Å²) in [5, 5.41) is 0. The SMILES string of the molecule is [2H]c1ccc(N2c3cc4c(cc3B3c5ccccc5-c5cccc2c53)N(c2ccc([2H])cc2)c2cc(C(C)(C)C)cc3c2B4c2ccccc2-3)cc1. The van der Waals surface area contributed by atoms with Gasteiger partial charge < -0.3 is 9.80 Å². The van der Waals surface area contributed by atoms with Gasteiger partial charge in [-0.3, -0.25) is 0 Å². The Morgan fingerprint density at radius 2 is 0.940 bits per heavy atom. The second-order valence-corrected chi connectivity index (χ2v) is 15.1. The van der Waals surface area contributed by atoms with E-state index in [0.29, 0.717) is 12.1 Å². The van der Waals surface area contributed by atoms with E-state index in [1.807, 2.05) is 24.3 Å². The summed E-state index contributed by atoms with van der Waals surface area (Å²) >= 11 is 0. The van der Waals surface area contributed by atoms with E-state index in [0.717, 1.165) is 11.4 Å². The monoisotopic (exact) mass is 638 g/mol. The van der Waals surface area contributed by atoms with Crippen LogP contribution in [0.25, 0.3) is 22.3 Å². The molecule has 7 aromatic carbocycles. The van der Waals surface area contributed by atoms with Crippen LogP contribution in [0.1, 0.15) is 29.1 Å². The molecule has 234 valence electrons. The molecule has 0 aromatic heterocycles. The molecule has 50 heavy (non-hydrogen) atoms. The summed E-state index contributed by atoms with van der Waals surface area (Å²) in [6.45, 7) is 7.07. The predicted molar refractivity (Wildman–Crippen MR) is 215 cm³/mol. The second kappa shape index (κ2) is 9.92. The van der Waals surface area contributed by atoms with Crippen LogP contribution in [0.4, 0.5) is 34.1 Å². The van der Waals surface area contributed by atoms with Gasteiger partial charge >= 0.3 is 0 Å². The van der Waals surface area contributed by atoms with Crippen molar-refractivity contribution in [2.75, 3.05) is 9.80 Å². The zero-order valence-corrected chi connectivity index (χ0v) is 28.3. The van der Waals surface area contributed by atoms with Crippen LogP contribution in [0.2, 0.25) is 0 Å². The van der Waals surface area contributed by atoms with Gasteiger partial charge in [0.25, 0.3) is 0 Å². The molecule has 4 aliphatic rings. The third-order valence-electron chi connectivity index (χ3n) is 11.5. The van der Waals surface area contributed by atoms with Crippen LogP contribution in [0.5, 0.6) is 0 Å². The maximum absolute atomic E-state index is 8.38. The van der Waals surface area contributed by atoms with E-state index < -0.39 is 0 Å². The Hall–Kier alpha value is -5.73. The zero-order valence-electron chi connectivity index (χ0n) is 30.3. The topological polar surface area (TPSA) is 6.48 Å². The van der Waals surface area contributed by atoms with Crippen molar-refractivity contribution in [2.45, 2.75) is 26.2 Å². The van der Waals surface area contributed by atoms with Gasteiger partial charge in [-0.05, 0) is 104 Å². The summed E-state index contributed by atoms with van der Waals surface area (Å²) in [5.41, 5.74) is 21.3. The molecule has 4 aliphatic heterocycles. The van der Waals surface area contributed by atoms with Crippen LogP contribution in [-0.2, 0) is 5.41 Å². The molecular formula is C46H34B2N2. The third-order valence-corrected chi connectivity index (χ3v) is 11.5. The minimum atomic E-state index is -0.0475. The van der Waals surface area contributed by atoms with Gasteiger partial charge in [-0.2, -0.15) is 0 Å². The van der Waals surface area contributed by atoms with E-state index in [-0.39, 0.29) is 18.8 Å². The molecule has 0 amide bonds. The molecule has 0 bridgehead atoms. The van der Waals surface area contributed by atoms with E-state index in [9.17, 15) is 0 Å². The molecule has 0 aliphatic carbocycles. The fraction of sp³-hybridized carbons (Fsp3) is 0.0870. The summed E-state index contributed by atoms with van der Waals surface area (Å²) in [7, 11) is 0. The van der Waals surface area contributed by atoms with Crippen LogP contribution < -0.4 is 42.6 Å². The molecule has 0 atom stereocenters. The lowest BCUT2D eigenvalue weighted by Crippen LogP contribution is -2.59. The fourth-order valence-electron chi connectivity index (χ4n) is 9.34. The molecule has 0 radical (unpaired) electrons. The maximum atomic E-state index is 8.38. The number of nitrogens with zero attached hydrogens (tertiary/aromatic N) is 2. The van der Waals surface area contributed by atoms with Gasteiger partial charge in [0.05, 0.1) is 2.74 Å². The van der Waals surface area contributed by atoms with Crippen LogP contribution in [0.15, 0.2) is 152 Å². The lowest BCUT2D eigenvalue weighted by atomic mass is 9.34. The summed E-state index contributed by atoms with van der Waals surface area (Å²) in [5.74, 6) is 0. The van der Waals surface area contributed by atoms with Crippen molar-refractivity contribution in [3.8, 4) is 22.3 Å². The Balaban J connectivity index is 1.27. The molecular weight excluding hydrogens is 602 g/mol. The van der Waals surface area contributed by atoms with Crippen LogP contribution in [0.3, 0.4) is 0 Å². The summed E-state index contributed by atoms with van der Waals surface area (Å²) in [6, 6.07) is 51.5. The van der Waals surface area contributed by atoms with E-state index >= 15 is 0 Å². The van der Waals surface area contributed by atoms with Gasteiger partial charge in [0, 0.05) is 34.1 Å². The van der Waals surface area contributed by atoms with Crippen molar-refractivity contribution in [2.24, 2.45) is 0 Å². The first-order chi connectivity index (χ1) is 25.3. The Labute approximate surface area is 297 Å². The van der Waals surface area contributed by atoms with Gasteiger partial charge in [0.15, 0.2) is 0 Å². The Kier molecular flexibility index (Phi) is 5.19. The molecule has 11 rings (SSSR count). The van der Waals surface area contributed by atoms with Crippen LogP contribution in [0, 0.1) is 0 Å². The van der Waals surface area contributed by atoms with E-state index in [4.69, 9.17) is 2.74 Å². The minimum Gasteiger partial charge on any atom is -0.312 e. The fourth-order valence-corrected chi connectivity index (χ4v) is 9.34. The molecule has 0 saturated carbocycles. The normalized spacial score (nSPS) is 14.7. The number of para-hydroxylation sites is 2. The number of anilines is 6. The quantitative estimate of drug-likeness (QED) is 0.181. The van der Waals surface area contributed by atoms with E-state index in [2.05, 4.69) is 146 Å². The van der Waals surface area contributed by atoms with Gasteiger partial charge in [-0.25, -0.2) is 0 Å². The smallest absolute Gasteiger partial charge is 0.248 e. The van der Waals surface area contributed by atoms with Crippen molar-refractivity contribution < 1.29 is 2.74 Å². The van der Waals surface area contributed by atoms with Crippen LogP contribution in [-0.4, -0.2) is 13.4 Å². The molecule has 2 nitrogen and oxygen atoms in total. The van der Waals surface area contributed by atoms with Crippen molar-refractivity contribution in [3.05, 3.63) is 157 Å². The average molecular weight is 638 g/mol. The highest BCUT2D eigenvalue weighted by molar-refractivity contribution is 7.03. The van der Waals surface area contributed by atoms with Crippen molar-refractivity contribution in [1.29, 1.82) is 0 Å². The average Bonchev–Trinajstić information content (AvgIpc) is 3.67. The Bertz CT molecular complexity index is 2660. The van der Waals surface area contributed by atoms with E-state index in [1.165, 1.54) is 83.3 Å². The molecule has 0 unspecified atom stereocenters. The summed E-state index contributed by atoms with van der Waals surface area (Å²) < 4.78 is 16.7. The molecule has 0 fully saturated rings. The zero-order chi connectivity index (χ0) is 35.0. The van der Waals surface area contributed by atoms with Gasteiger partial charge in [-0.15, -0.1) is 0 Å². The molecule has 7 aromatic rings. The first-order valence-corrected chi connectivity index (χ1v) is 17.7. The largest absolute Gasteiger partial charge is 0.312 e. The molecule has 0 saturated heterocycles. The first-order valence-electron chi connectivity index (χ1n) is 18.7. The number of hydrogen-bond donors (Lipinski definition) is 0. The lowest BCUT2D eigenvalue weighted by Gasteiger charge is -2.41. The first kappa shape index (κ1) is 26.2. The minimum absolute atomic E-state index is 0.0475. The second-order valence-electron chi connectivity index (χ2n) is 15.1. The number of hydrogen-bond acceptors (Lipinski definition) is 2. The van der Waals surface area contributed by atoms with Gasteiger partial charge in [0.2, 0.25) is 13.4 Å². The van der Waals surface area contributed by atoms with Crippen molar-refractivity contribution in [3.63, 3.8) is 0 Å². The highest BCUT2D eigenvalue weighted by atomic mass is 15.2. The third kappa shape index (κ3) is 3.66.